The van der Waals surface area contributed by atoms with Crippen LogP contribution in [0.15, 0.2) is 29.4 Å². The molecule has 0 unspecified atom stereocenters. The molecule has 2 rings (SSSR count). The van der Waals surface area contributed by atoms with Gasteiger partial charge in [0, 0.05) is 17.0 Å². The van der Waals surface area contributed by atoms with E-state index < -0.39 is 42.2 Å². The summed E-state index contributed by atoms with van der Waals surface area (Å²) in [7, 11) is 0. The second kappa shape index (κ2) is 7.22. The van der Waals surface area contributed by atoms with E-state index >= 15 is 0 Å². The Morgan fingerprint density at radius 1 is 1.35 bits per heavy atom. The second-order valence-corrected chi connectivity index (χ2v) is 4.77. The van der Waals surface area contributed by atoms with Gasteiger partial charge in [0.2, 0.25) is 6.29 Å². The molecule has 1 saturated heterocycles. The molecule has 0 saturated carbocycles. The minimum atomic E-state index is -1.50. The first-order valence-electron chi connectivity index (χ1n) is 6.55. The molecule has 1 aromatic carbocycles. The van der Waals surface area contributed by atoms with E-state index in [1.807, 2.05) is 0 Å². The van der Waals surface area contributed by atoms with Crippen molar-refractivity contribution in [3.05, 3.63) is 44.8 Å². The third-order valence-electron chi connectivity index (χ3n) is 3.33. The molecule has 1 aliphatic heterocycles. The van der Waals surface area contributed by atoms with E-state index in [0.717, 1.165) is 0 Å². The van der Waals surface area contributed by atoms with Crippen LogP contribution in [0.3, 0.4) is 0 Å². The molecule has 23 heavy (non-hydrogen) atoms. The number of hydrogen-bond acceptors (Lipinski definition) is 8. The van der Waals surface area contributed by atoms with Crippen LogP contribution in [0.25, 0.3) is 10.4 Å². The summed E-state index contributed by atoms with van der Waals surface area (Å²) in [5.74, 6) is 0.166. The van der Waals surface area contributed by atoms with E-state index in [9.17, 15) is 20.3 Å². The maximum atomic E-state index is 10.6. The van der Waals surface area contributed by atoms with Gasteiger partial charge in [0.15, 0.2) is 0 Å². The van der Waals surface area contributed by atoms with Crippen molar-refractivity contribution in [1.29, 1.82) is 0 Å². The molecular formula is C12H14N4O7. The Hall–Kier alpha value is -2.43. The monoisotopic (exact) mass is 326 g/mol. The fraction of sp³-hybridized carbons (Fsp3) is 0.500. The number of ether oxygens (including phenoxy) is 2. The molecule has 11 nitrogen and oxygen atoms in total. The number of hydrogen-bond donors (Lipinski definition) is 3. The molecule has 0 bridgehead atoms. The Morgan fingerprint density at radius 2 is 2.00 bits per heavy atom. The predicted octanol–water partition coefficient (Wildman–Crippen LogP) is 0.0915. The zero-order valence-corrected chi connectivity index (χ0v) is 11.7. The fourth-order valence-electron chi connectivity index (χ4n) is 2.13. The van der Waals surface area contributed by atoms with Crippen molar-refractivity contribution in [3.8, 4) is 5.75 Å². The van der Waals surface area contributed by atoms with E-state index in [2.05, 4.69) is 10.0 Å². The van der Waals surface area contributed by atoms with E-state index in [1.54, 1.807) is 0 Å². The van der Waals surface area contributed by atoms with Crippen molar-refractivity contribution in [3.63, 3.8) is 0 Å². The zero-order chi connectivity index (χ0) is 17.0. The van der Waals surface area contributed by atoms with E-state index in [4.69, 9.17) is 20.1 Å². The number of nitro groups is 1. The third-order valence-corrected chi connectivity index (χ3v) is 3.33. The van der Waals surface area contributed by atoms with Crippen molar-refractivity contribution in [2.45, 2.75) is 30.6 Å². The van der Waals surface area contributed by atoms with E-state index in [0.29, 0.717) is 0 Å². The average molecular weight is 326 g/mol. The minimum absolute atomic E-state index is 0.141. The molecule has 0 aliphatic carbocycles. The SMILES string of the molecule is [N-]=[N+]=N[C@@H]1[C@H](Oc2ccc([N+](=O)[O-])cc2)O[C@H](CO)[C@@H](O)[C@H]1O. The van der Waals surface area contributed by atoms with Gasteiger partial charge in [-0.3, -0.25) is 10.1 Å². The molecule has 0 amide bonds. The summed E-state index contributed by atoms with van der Waals surface area (Å²) >= 11 is 0. The molecule has 1 aliphatic rings. The lowest BCUT2D eigenvalue weighted by Crippen LogP contribution is -2.59. The summed E-state index contributed by atoms with van der Waals surface area (Å²) in [6.45, 7) is -0.582. The largest absolute Gasteiger partial charge is 0.464 e. The van der Waals surface area contributed by atoms with Gasteiger partial charge in [0.05, 0.1) is 17.6 Å². The summed E-state index contributed by atoms with van der Waals surface area (Å²) in [6.07, 6.45) is -5.35. The van der Waals surface area contributed by atoms with Crippen LogP contribution < -0.4 is 4.74 Å². The van der Waals surface area contributed by atoms with Crippen molar-refractivity contribution in [2.75, 3.05) is 6.61 Å². The van der Waals surface area contributed by atoms with Crippen LogP contribution in [-0.4, -0.2) is 57.5 Å². The van der Waals surface area contributed by atoms with Crippen LogP contribution in [0.4, 0.5) is 5.69 Å². The summed E-state index contributed by atoms with van der Waals surface area (Å²) in [5.41, 5.74) is 8.42. The quantitative estimate of drug-likeness (QED) is 0.226. The Bertz CT molecular complexity index is 604. The normalized spacial score (nSPS) is 30.3. The summed E-state index contributed by atoms with van der Waals surface area (Å²) in [6, 6.07) is 3.76. The lowest BCUT2D eigenvalue weighted by atomic mass is 9.98. The highest BCUT2D eigenvalue weighted by Crippen LogP contribution is 2.27. The molecule has 0 radical (unpaired) electrons. The van der Waals surface area contributed by atoms with Crippen molar-refractivity contribution in [1.82, 2.24) is 0 Å². The van der Waals surface area contributed by atoms with E-state index in [-0.39, 0.29) is 11.4 Å². The van der Waals surface area contributed by atoms with Gasteiger partial charge in [0.1, 0.15) is 24.0 Å². The number of nitro benzene ring substituents is 1. The molecule has 1 fully saturated rings. The topological polar surface area (TPSA) is 171 Å². The fourth-order valence-corrected chi connectivity index (χ4v) is 2.13. The first kappa shape index (κ1) is 16.9. The maximum absolute atomic E-state index is 10.6. The molecule has 0 spiro atoms. The van der Waals surface area contributed by atoms with Crippen molar-refractivity contribution < 1.29 is 29.7 Å². The molecule has 124 valence electrons. The minimum Gasteiger partial charge on any atom is -0.464 e. The van der Waals surface area contributed by atoms with Gasteiger partial charge in [-0.2, -0.15) is 0 Å². The number of benzene rings is 1. The number of rotatable bonds is 5. The van der Waals surface area contributed by atoms with Gasteiger partial charge in [0.25, 0.3) is 5.69 Å². The van der Waals surface area contributed by atoms with Crippen LogP contribution in [0.5, 0.6) is 5.75 Å². The highest BCUT2D eigenvalue weighted by Gasteiger charge is 2.45. The second-order valence-electron chi connectivity index (χ2n) is 4.77. The third kappa shape index (κ3) is 3.67. The number of nitrogens with zero attached hydrogens (tertiary/aromatic N) is 4. The van der Waals surface area contributed by atoms with Gasteiger partial charge >= 0.3 is 0 Å². The zero-order valence-electron chi connectivity index (χ0n) is 11.7. The lowest BCUT2D eigenvalue weighted by Gasteiger charge is -2.40. The standard InChI is InChI=1S/C12H14N4O7/c13-15-14-9-11(19)10(18)8(5-17)23-12(9)22-7-3-1-6(2-4-7)16(20)21/h1-4,8-12,17-19H,5H2/t8-,9+,10-,11+,12-/m1/s1. The van der Waals surface area contributed by atoms with Gasteiger partial charge < -0.3 is 24.8 Å². The van der Waals surface area contributed by atoms with Crippen molar-refractivity contribution >= 4 is 5.69 Å². The van der Waals surface area contributed by atoms with Crippen molar-refractivity contribution in [2.24, 2.45) is 5.11 Å². The number of non-ortho nitro benzene ring substituents is 1. The maximum Gasteiger partial charge on any atom is 0.269 e. The lowest BCUT2D eigenvalue weighted by molar-refractivity contribution is -0.384. The first-order valence-corrected chi connectivity index (χ1v) is 6.55. The smallest absolute Gasteiger partial charge is 0.269 e. The molecule has 0 aromatic heterocycles. The molecular weight excluding hydrogens is 312 g/mol. The molecule has 1 heterocycles. The predicted molar refractivity (Wildman–Crippen MR) is 74.4 cm³/mol. The van der Waals surface area contributed by atoms with Crippen LogP contribution in [-0.2, 0) is 4.74 Å². The Kier molecular flexibility index (Phi) is 5.32. The van der Waals surface area contributed by atoms with Crippen LogP contribution in [0, 0.1) is 10.1 Å². The van der Waals surface area contributed by atoms with Gasteiger partial charge in [-0.15, -0.1) is 0 Å². The first-order chi connectivity index (χ1) is 11.0. The molecule has 1 aromatic rings. The van der Waals surface area contributed by atoms with Crippen LogP contribution in [0.1, 0.15) is 0 Å². The van der Waals surface area contributed by atoms with Gasteiger partial charge in [-0.05, 0) is 17.7 Å². The highest BCUT2D eigenvalue weighted by atomic mass is 16.7. The molecule has 11 heteroatoms. The number of aliphatic hydroxyl groups is 3. The van der Waals surface area contributed by atoms with Gasteiger partial charge in [-0.1, -0.05) is 5.11 Å². The molecule has 5 atom stereocenters. The summed E-state index contributed by atoms with van der Waals surface area (Å²) < 4.78 is 10.7. The van der Waals surface area contributed by atoms with E-state index in [1.165, 1.54) is 24.3 Å². The van der Waals surface area contributed by atoms with Crippen LogP contribution in [0.2, 0.25) is 0 Å². The average Bonchev–Trinajstić information content (AvgIpc) is 2.54. The summed E-state index contributed by atoms with van der Waals surface area (Å²) in [4.78, 5) is 12.6. The van der Waals surface area contributed by atoms with Gasteiger partial charge in [-0.25, -0.2) is 0 Å². The Morgan fingerprint density at radius 3 is 2.52 bits per heavy atom. The Balaban J connectivity index is 2.20. The number of aliphatic hydroxyl groups excluding tert-OH is 3. The van der Waals surface area contributed by atoms with Crippen LogP contribution >= 0.6 is 0 Å². The highest BCUT2D eigenvalue weighted by molar-refractivity contribution is 5.36. The molecule has 3 N–H and O–H groups in total. The number of azide groups is 1. The summed E-state index contributed by atoms with van der Waals surface area (Å²) in [5, 5.41) is 42.8. The Labute approximate surface area is 129 Å².